The highest BCUT2D eigenvalue weighted by atomic mass is 16.5. The summed E-state index contributed by atoms with van der Waals surface area (Å²) in [7, 11) is 0. The SMILES string of the molecule is CCOC[C@@H]1CCCN(C(=O)NC2CCN(CC=C(C)C)CC2)C1. The molecular weight excluding hydrogens is 302 g/mol. The molecule has 2 saturated heterocycles. The lowest BCUT2D eigenvalue weighted by Crippen LogP contribution is -2.51. The van der Waals surface area contributed by atoms with Gasteiger partial charge in [0, 0.05) is 51.3 Å². The van der Waals surface area contributed by atoms with Gasteiger partial charge in [0.05, 0.1) is 6.61 Å². The predicted octanol–water partition coefficient (Wildman–Crippen LogP) is 2.88. The van der Waals surface area contributed by atoms with Crippen LogP contribution >= 0.6 is 0 Å². The van der Waals surface area contributed by atoms with Gasteiger partial charge in [-0.05, 0) is 46.5 Å². The van der Waals surface area contributed by atoms with E-state index in [2.05, 4.69) is 30.1 Å². The molecule has 0 saturated carbocycles. The number of ether oxygens (including phenoxy) is 1. The number of hydrogen-bond acceptors (Lipinski definition) is 3. The maximum absolute atomic E-state index is 12.5. The second kappa shape index (κ2) is 10.0. The third-order valence-electron chi connectivity index (χ3n) is 5.04. The van der Waals surface area contributed by atoms with Crippen molar-refractivity contribution in [1.82, 2.24) is 15.1 Å². The highest BCUT2D eigenvalue weighted by Crippen LogP contribution is 2.18. The van der Waals surface area contributed by atoms with Crippen molar-refractivity contribution in [2.75, 3.05) is 45.9 Å². The molecule has 138 valence electrons. The molecule has 0 aromatic rings. The second-order valence-electron chi connectivity index (χ2n) is 7.42. The van der Waals surface area contributed by atoms with E-state index < -0.39 is 0 Å². The number of urea groups is 1. The highest BCUT2D eigenvalue weighted by molar-refractivity contribution is 5.74. The molecule has 5 heteroatoms. The number of carbonyl (C=O) groups excluding carboxylic acids is 1. The van der Waals surface area contributed by atoms with Crippen LogP contribution in [0.15, 0.2) is 11.6 Å². The van der Waals surface area contributed by atoms with Crippen LogP contribution in [-0.2, 0) is 4.74 Å². The van der Waals surface area contributed by atoms with Crippen LogP contribution in [-0.4, -0.2) is 67.8 Å². The van der Waals surface area contributed by atoms with Crippen molar-refractivity contribution in [2.24, 2.45) is 5.92 Å². The second-order valence-corrected chi connectivity index (χ2v) is 7.42. The molecule has 0 spiro atoms. The Morgan fingerprint density at radius 2 is 1.96 bits per heavy atom. The summed E-state index contributed by atoms with van der Waals surface area (Å²) in [6.07, 6.45) is 6.65. The van der Waals surface area contributed by atoms with Crippen molar-refractivity contribution in [3.05, 3.63) is 11.6 Å². The number of amides is 2. The summed E-state index contributed by atoms with van der Waals surface area (Å²) in [6.45, 7) is 12.7. The summed E-state index contributed by atoms with van der Waals surface area (Å²) in [5.74, 6) is 0.496. The molecule has 0 aromatic heterocycles. The molecule has 0 aromatic carbocycles. The van der Waals surface area contributed by atoms with Gasteiger partial charge >= 0.3 is 6.03 Å². The first-order valence-corrected chi connectivity index (χ1v) is 9.57. The van der Waals surface area contributed by atoms with Crippen LogP contribution < -0.4 is 5.32 Å². The van der Waals surface area contributed by atoms with Gasteiger partial charge in [0.25, 0.3) is 0 Å². The van der Waals surface area contributed by atoms with Gasteiger partial charge in [0.1, 0.15) is 0 Å². The number of hydrogen-bond donors (Lipinski definition) is 1. The Labute approximate surface area is 147 Å². The minimum absolute atomic E-state index is 0.124. The van der Waals surface area contributed by atoms with Crippen LogP contribution in [0, 0.1) is 5.92 Å². The third kappa shape index (κ3) is 6.44. The minimum atomic E-state index is 0.124. The summed E-state index contributed by atoms with van der Waals surface area (Å²) >= 11 is 0. The molecule has 24 heavy (non-hydrogen) atoms. The van der Waals surface area contributed by atoms with Crippen molar-refractivity contribution in [1.29, 1.82) is 0 Å². The van der Waals surface area contributed by atoms with Gasteiger partial charge in [-0.3, -0.25) is 4.90 Å². The molecule has 0 unspecified atom stereocenters. The predicted molar refractivity (Wildman–Crippen MR) is 98.2 cm³/mol. The molecular formula is C19H35N3O2. The van der Waals surface area contributed by atoms with E-state index in [1.165, 1.54) is 12.0 Å². The fourth-order valence-corrected chi connectivity index (χ4v) is 3.51. The minimum Gasteiger partial charge on any atom is -0.381 e. The Bertz CT molecular complexity index is 413. The van der Waals surface area contributed by atoms with Gasteiger partial charge in [-0.15, -0.1) is 0 Å². The van der Waals surface area contributed by atoms with E-state index in [1.807, 2.05) is 11.8 Å². The zero-order chi connectivity index (χ0) is 17.4. The van der Waals surface area contributed by atoms with Crippen LogP contribution in [0.2, 0.25) is 0 Å². The lowest BCUT2D eigenvalue weighted by atomic mass is 9.99. The smallest absolute Gasteiger partial charge is 0.317 e. The van der Waals surface area contributed by atoms with Crippen molar-refractivity contribution in [2.45, 2.75) is 52.5 Å². The molecule has 1 N–H and O–H groups in total. The number of likely N-dealkylation sites (tertiary alicyclic amines) is 2. The summed E-state index contributed by atoms with van der Waals surface area (Å²) < 4.78 is 5.53. The average molecular weight is 338 g/mol. The fourth-order valence-electron chi connectivity index (χ4n) is 3.51. The maximum Gasteiger partial charge on any atom is 0.317 e. The first-order valence-electron chi connectivity index (χ1n) is 9.57. The first kappa shape index (κ1) is 19.3. The molecule has 2 amide bonds. The van der Waals surface area contributed by atoms with Crippen LogP contribution in [0.1, 0.15) is 46.5 Å². The summed E-state index contributed by atoms with van der Waals surface area (Å²) in [6, 6.07) is 0.451. The van der Waals surface area contributed by atoms with Crippen LogP contribution in [0.5, 0.6) is 0 Å². The number of allylic oxidation sites excluding steroid dienone is 1. The van der Waals surface area contributed by atoms with Gasteiger partial charge < -0.3 is 15.0 Å². The summed E-state index contributed by atoms with van der Waals surface area (Å²) in [5, 5.41) is 3.25. The number of nitrogens with one attached hydrogen (secondary N) is 1. The zero-order valence-electron chi connectivity index (χ0n) is 15.7. The van der Waals surface area contributed by atoms with Crippen LogP contribution in [0.3, 0.4) is 0 Å². The topological polar surface area (TPSA) is 44.8 Å². The van der Waals surface area contributed by atoms with E-state index in [4.69, 9.17) is 4.74 Å². The third-order valence-corrected chi connectivity index (χ3v) is 5.04. The lowest BCUT2D eigenvalue weighted by Gasteiger charge is -2.36. The van der Waals surface area contributed by atoms with Gasteiger partial charge in [0.2, 0.25) is 0 Å². The Kier molecular flexibility index (Phi) is 8.06. The molecule has 0 bridgehead atoms. The van der Waals surface area contributed by atoms with Crippen molar-refractivity contribution < 1.29 is 9.53 Å². The van der Waals surface area contributed by atoms with Crippen molar-refractivity contribution in [3.63, 3.8) is 0 Å². The van der Waals surface area contributed by atoms with E-state index in [0.29, 0.717) is 12.0 Å². The van der Waals surface area contributed by atoms with E-state index in [0.717, 1.165) is 65.2 Å². The van der Waals surface area contributed by atoms with Crippen molar-refractivity contribution >= 4 is 6.03 Å². The quantitative estimate of drug-likeness (QED) is 0.758. The van der Waals surface area contributed by atoms with Gasteiger partial charge in [0.15, 0.2) is 0 Å². The normalized spacial score (nSPS) is 23.1. The number of nitrogens with zero attached hydrogens (tertiary/aromatic N) is 2. The number of piperidine rings is 2. The molecule has 2 aliphatic heterocycles. The molecule has 2 rings (SSSR count). The van der Waals surface area contributed by atoms with Gasteiger partial charge in [-0.2, -0.15) is 0 Å². The zero-order valence-corrected chi connectivity index (χ0v) is 15.7. The van der Waals surface area contributed by atoms with E-state index in [-0.39, 0.29) is 6.03 Å². The average Bonchev–Trinajstić information content (AvgIpc) is 2.59. The standard InChI is InChI=1S/C19H35N3O2/c1-4-24-15-17-6-5-10-22(14-17)19(23)20-18-8-12-21(13-9-18)11-7-16(2)3/h7,17-18H,4-6,8-15H2,1-3H3,(H,20,23)/t17-/m1/s1. The summed E-state index contributed by atoms with van der Waals surface area (Å²) in [4.78, 5) is 17.0. The lowest BCUT2D eigenvalue weighted by molar-refractivity contribution is 0.0745. The largest absolute Gasteiger partial charge is 0.381 e. The monoisotopic (exact) mass is 337 g/mol. The Morgan fingerprint density at radius 3 is 2.62 bits per heavy atom. The van der Waals surface area contributed by atoms with Gasteiger partial charge in [-0.25, -0.2) is 4.79 Å². The summed E-state index contributed by atoms with van der Waals surface area (Å²) in [5.41, 5.74) is 1.37. The maximum atomic E-state index is 12.5. The molecule has 0 aliphatic carbocycles. The Morgan fingerprint density at radius 1 is 1.21 bits per heavy atom. The van der Waals surface area contributed by atoms with E-state index in [1.54, 1.807) is 0 Å². The highest BCUT2D eigenvalue weighted by Gasteiger charge is 2.26. The van der Waals surface area contributed by atoms with Crippen molar-refractivity contribution in [3.8, 4) is 0 Å². The Hall–Kier alpha value is -1.07. The van der Waals surface area contributed by atoms with E-state index in [9.17, 15) is 4.79 Å². The van der Waals surface area contributed by atoms with Gasteiger partial charge in [-0.1, -0.05) is 11.6 Å². The molecule has 5 nitrogen and oxygen atoms in total. The molecule has 1 atom stereocenters. The van der Waals surface area contributed by atoms with E-state index >= 15 is 0 Å². The number of carbonyl (C=O) groups is 1. The molecule has 2 fully saturated rings. The van der Waals surface area contributed by atoms with Crippen LogP contribution in [0.4, 0.5) is 4.79 Å². The number of rotatable bonds is 6. The fraction of sp³-hybridized carbons (Fsp3) is 0.842. The molecule has 2 aliphatic rings. The molecule has 0 radical (unpaired) electrons. The molecule has 2 heterocycles. The Balaban J connectivity index is 1.70. The van der Waals surface area contributed by atoms with Crippen LogP contribution in [0.25, 0.3) is 0 Å². The first-order chi connectivity index (χ1) is 11.6.